The van der Waals surface area contributed by atoms with Crippen LogP contribution in [-0.2, 0) is 6.54 Å². The zero-order valence-electron chi connectivity index (χ0n) is 15.4. The van der Waals surface area contributed by atoms with E-state index in [0.717, 1.165) is 28.6 Å². The second kappa shape index (κ2) is 10.1. The molecule has 1 fully saturated rings. The van der Waals surface area contributed by atoms with Gasteiger partial charge in [-0.2, -0.15) is 0 Å². The van der Waals surface area contributed by atoms with Crippen LogP contribution in [0.5, 0.6) is 11.5 Å². The van der Waals surface area contributed by atoms with Gasteiger partial charge in [0, 0.05) is 23.7 Å². The van der Waals surface area contributed by atoms with Gasteiger partial charge in [0.15, 0.2) is 11.5 Å². The molecular weight excluding hydrogens is 322 g/mol. The third-order valence-electron chi connectivity index (χ3n) is 4.46. The quantitative estimate of drug-likeness (QED) is 0.679. The van der Waals surface area contributed by atoms with Gasteiger partial charge >= 0.3 is 0 Å². The van der Waals surface area contributed by atoms with Crippen LogP contribution < -0.4 is 14.8 Å². The van der Waals surface area contributed by atoms with Gasteiger partial charge in [-0.1, -0.05) is 43.7 Å². The number of halogens is 1. The normalized spacial score (nSPS) is 16.7. The standard InChI is InChI=1S/C20H32ClNO2/c1-4-23-19-12-16(18(21)13-20(19)24-15(2)3)14-22-17-10-8-6-5-7-9-11-17/h12-13,15,17,22H,4-11,14H2,1-3H3. The van der Waals surface area contributed by atoms with Crippen molar-refractivity contribution in [3.05, 3.63) is 22.7 Å². The number of benzene rings is 1. The molecule has 1 aromatic carbocycles. The largest absolute Gasteiger partial charge is 0.490 e. The van der Waals surface area contributed by atoms with Crippen LogP contribution in [0.25, 0.3) is 0 Å². The van der Waals surface area contributed by atoms with E-state index in [4.69, 9.17) is 21.1 Å². The van der Waals surface area contributed by atoms with Gasteiger partial charge < -0.3 is 14.8 Å². The molecule has 0 atom stereocenters. The molecule has 0 aliphatic heterocycles. The average molecular weight is 354 g/mol. The maximum Gasteiger partial charge on any atom is 0.163 e. The van der Waals surface area contributed by atoms with Crippen LogP contribution >= 0.6 is 11.6 Å². The summed E-state index contributed by atoms with van der Waals surface area (Å²) in [4.78, 5) is 0. The molecule has 0 bridgehead atoms. The first-order valence-corrected chi connectivity index (χ1v) is 9.83. The minimum atomic E-state index is 0.0965. The van der Waals surface area contributed by atoms with Crippen molar-refractivity contribution in [1.82, 2.24) is 5.32 Å². The molecule has 4 heteroatoms. The summed E-state index contributed by atoms with van der Waals surface area (Å²) >= 11 is 6.49. The molecule has 2 rings (SSSR count). The Labute approximate surface area is 152 Å². The average Bonchev–Trinajstić information content (AvgIpc) is 2.49. The van der Waals surface area contributed by atoms with E-state index in [1.807, 2.05) is 32.9 Å². The first kappa shape index (κ1) is 19.4. The molecule has 136 valence electrons. The van der Waals surface area contributed by atoms with Crippen molar-refractivity contribution in [3.63, 3.8) is 0 Å². The molecule has 0 aromatic heterocycles. The van der Waals surface area contributed by atoms with Gasteiger partial charge in [-0.3, -0.25) is 0 Å². The summed E-state index contributed by atoms with van der Waals surface area (Å²) in [6.07, 6.45) is 9.43. The molecule has 1 saturated carbocycles. The number of hydrogen-bond acceptors (Lipinski definition) is 3. The predicted octanol–water partition coefficient (Wildman–Crippen LogP) is 5.73. The lowest BCUT2D eigenvalue weighted by molar-refractivity contribution is 0.223. The van der Waals surface area contributed by atoms with Crippen LogP contribution in [0, 0.1) is 0 Å². The van der Waals surface area contributed by atoms with Gasteiger partial charge in [0.1, 0.15) is 0 Å². The van der Waals surface area contributed by atoms with Crippen molar-refractivity contribution in [2.75, 3.05) is 6.61 Å². The summed E-state index contributed by atoms with van der Waals surface area (Å²) in [5.41, 5.74) is 1.08. The summed E-state index contributed by atoms with van der Waals surface area (Å²) in [6.45, 7) is 7.40. The first-order chi connectivity index (χ1) is 11.6. The highest BCUT2D eigenvalue weighted by atomic mass is 35.5. The predicted molar refractivity (Wildman–Crippen MR) is 101 cm³/mol. The monoisotopic (exact) mass is 353 g/mol. The molecule has 0 amide bonds. The van der Waals surface area contributed by atoms with E-state index in [1.165, 1.54) is 44.9 Å². The molecule has 1 N–H and O–H groups in total. The van der Waals surface area contributed by atoms with E-state index in [-0.39, 0.29) is 6.10 Å². The lowest BCUT2D eigenvalue weighted by atomic mass is 9.96. The number of ether oxygens (including phenoxy) is 2. The number of rotatable bonds is 7. The Morgan fingerprint density at radius 2 is 1.75 bits per heavy atom. The van der Waals surface area contributed by atoms with Crippen molar-refractivity contribution in [2.45, 2.75) is 84.4 Å². The molecule has 0 spiro atoms. The van der Waals surface area contributed by atoms with Crippen LogP contribution in [-0.4, -0.2) is 18.8 Å². The van der Waals surface area contributed by atoms with Crippen LogP contribution in [0.1, 0.15) is 71.3 Å². The Kier molecular flexibility index (Phi) is 8.20. The lowest BCUT2D eigenvalue weighted by Crippen LogP contribution is -2.29. The summed E-state index contributed by atoms with van der Waals surface area (Å²) < 4.78 is 11.6. The molecule has 1 aliphatic rings. The SMILES string of the molecule is CCOc1cc(CNC2CCCCCCC2)c(Cl)cc1OC(C)C. The molecule has 3 nitrogen and oxygen atoms in total. The fourth-order valence-corrected chi connectivity index (χ4v) is 3.46. The first-order valence-electron chi connectivity index (χ1n) is 9.45. The summed E-state index contributed by atoms with van der Waals surface area (Å²) in [6, 6.07) is 4.52. The van der Waals surface area contributed by atoms with Crippen LogP contribution in [0.3, 0.4) is 0 Å². The lowest BCUT2D eigenvalue weighted by Gasteiger charge is -2.22. The highest BCUT2D eigenvalue weighted by Crippen LogP contribution is 2.34. The van der Waals surface area contributed by atoms with E-state index in [1.54, 1.807) is 0 Å². The Morgan fingerprint density at radius 1 is 1.08 bits per heavy atom. The van der Waals surface area contributed by atoms with Gasteiger partial charge in [-0.05, 0) is 45.2 Å². The summed E-state index contributed by atoms with van der Waals surface area (Å²) in [7, 11) is 0. The van der Waals surface area contributed by atoms with Crippen molar-refractivity contribution < 1.29 is 9.47 Å². The minimum absolute atomic E-state index is 0.0965. The molecule has 1 aromatic rings. The number of nitrogens with one attached hydrogen (secondary N) is 1. The zero-order valence-corrected chi connectivity index (χ0v) is 16.1. The summed E-state index contributed by atoms with van der Waals surface area (Å²) in [5.74, 6) is 1.51. The Bertz CT molecular complexity index is 497. The minimum Gasteiger partial charge on any atom is -0.490 e. The number of hydrogen-bond donors (Lipinski definition) is 1. The van der Waals surface area contributed by atoms with Gasteiger partial charge in [0.2, 0.25) is 0 Å². The molecule has 24 heavy (non-hydrogen) atoms. The van der Waals surface area contributed by atoms with Crippen molar-refractivity contribution in [1.29, 1.82) is 0 Å². The Balaban J connectivity index is 2.04. The third-order valence-corrected chi connectivity index (χ3v) is 4.81. The maximum atomic E-state index is 6.49. The van der Waals surface area contributed by atoms with Gasteiger partial charge in [0.05, 0.1) is 12.7 Å². The topological polar surface area (TPSA) is 30.5 Å². The fourth-order valence-electron chi connectivity index (χ4n) is 3.24. The molecule has 1 aliphatic carbocycles. The molecular formula is C20H32ClNO2. The van der Waals surface area contributed by atoms with Gasteiger partial charge in [-0.25, -0.2) is 0 Å². The van der Waals surface area contributed by atoms with Crippen molar-refractivity contribution in [2.24, 2.45) is 0 Å². The molecule has 0 unspecified atom stereocenters. The van der Waals surface area contributed by atoms with Crippen LogP contribution in [0.2, 0.25) is 5.02 Å². The highest BCUT2D eigenvalue weighted by molar-refractivity contribution is 6.31. The Morgan fingerprint density at radius 3 is 2.38 bits per heavy atom. The molecule has 0 radical (unpaired) electrons. The highest BCUT2D eigenvalue weighted by Gasteiger charge is 2.15. The van der Waals surface area contributed by atoms with E-state index < -0.39 is 0 Å². The van der Waals surface area contributed by atoms with Gasteiger partial charge in [-0.15, -0.1) is 0 Å². The van der Waals surface area contributed by atoms with E-state index >= 15 is 0 Å². The van der Waals surface area contributed by atoms with Gasteiger partial charge in [0.25, 0.3) is 0 Å². The third kappa shape index (κ3) is 6.18. The van der Waals surface area contributed by atoms with E-state index in [2.05, 4.69) is 5.32 Å². The second-order valence-corrected chi connectivity index (χ2v) is 7.32. The maximum absolute atomic E-state index is 6.49. The van der Waals surface area contributed by atoms with Crippen molar-refractivity contribution in [3.8, 4) is 11.5 Å². The Hall–Kier alpha value is -0.930. The van der Waals surface area contributed by atoms with Crippen LogP contribution in [0.4, 0.5) is 0 Å². The zero-order chi connectivity index (χ0) is 17.4. The van der Waals surface area contributed by atoms with Crippen LogP contribution in [0.15, 0.2) is 12.1 Å². The van der Waals surface area contributed by atoms with Crippen molar-refractivity contribution >= 4 is 11.6 Å². The summed E-state index contributed by atoms with van der Waals surface area (Å²) in [5, 5.41) is 4.44. The van der Waals surface area contributed by atoms with E-state index in [0.29, 0.717) is 12.6 Å². The molecule has 0 heterocycles. The smallest absolute Gasteiger partial charge is 0.163 e. The second-order valence-electron chi connectivity index (χ2n) is 6.91. The fraction of sp³-hybridized carbons (Fsp3) is 0.700. The molecule has 0 saturated heterocycles. The van der Waals surface area contributed by atoms with E-state index in [9.17, 15) is 0 Å².